The van der Waals surface area contributed by atoms with Gasteiger partial charge in [-0.25, -0.2) is 8.42 Å². The van der Waals surface area contributed by atoms with Crippen molar-refractivity contribution in [3.63, 3.8) is 0 Å². The van der Waals surface area contributed by atoms with E-state index in [2.05, 4.69) is 22.4 Å². The summed E-state index contributed by atoms with van der Waals surface area (Å²) in [5.74, 6) is 0.463. The minimum Gasteiger partial charge on any atom is -0.347 e. The maximum absolute atomic E-state index is 13.1. The monoisotopic (exact) mass is 442 g/mol. The van der Waals surface area contributed by atoms with Gasteiger partial charge in [0.15, 0.2) is 9.84 Å². The van der Waals surface area contributed by atoms with Gasteiger partial charge in [0, 0.05) is 30.6 Å². The summed E-state index contributed by atoms with van der Waals surface area (Å²) in [6.45, 7) is 3.17. The highest BCUT2D eigenvalue weighted by Gasteiger charge is 2.35. The van der Waals surface area contributed by atoms with Gasteiger partial charge >= 0.3 is 0 Å². The number of rotatable bonds is 4. The molecule has 3 aliphatic rings. The summed E-state index contributed by atoms with van der Waals surface area (Å²) in [7, 11) is -3.21. The zero-order valence-electron chi connectivity index (χ0n) is 17.4. The van der Waals surface area contributed by atoms with Crippen molar-refractivity contribution >= 4 is 21.7 Å². The molecule has 0 spiro atoms. The van der Waals surface area contributed by atoms with Crippen LogP contribution in [0, 0.1) is 5.92 Å². The molecule has 9 heteroatoms. The molecule has 0 radical (unpaired) electrons. The topological polar surface area (TPSA) is 112 Å². The van der Waals surface area contributed by atoms with Crippen molar-refractivity contribution in [1.29, 1.82) is 0 Å². The molecule has 31 heavy (non-hydrogen) atoms. The van der Waals surface area contributed by atoms with Crippen LogP contribution in [0.5, 0.6) is 0 Å². The SMILES string of the molecule is CC1CCN(C(=O)c2cn[nH]c2C2CC2)CC1NC(=O)c1ccc2c(c1)CCS2(=O)=O. The first-order valence-electron chi connectivity index (χ1n) is 10.8. The van der Waals surface area contributed by atoms with E-state index in [1.165, 1.54) is 6.07 Å². The van der Waals surface area contributed by atoms with Crippen LogP contribution in [0.1, 0.15) is 64.1 Å². The van der Waals surface area contributed by atoms with Crippen LogP contribution in [0.25, 0.3) is 0 Å². The van der Waals surface area contributed by atoms with E-state index in [1.54, 1.807) is 23.2 Å². The Bertz CT molecular complexity index is 1150. The molecule has 1 aromatic heterocycles. The molecule has 1 saturated carbocycles. The van der Waals surface area contributed by atoms with Crippen molar-refractivity contribution in [1.82, 2.24) is 20.4 Å². The lowest BCUT2D eigenvalue weighted by Crippen LogP contribution is -2.53. The van der Waals surface area contributed by atoms with Crippen molar-refractivity contribution in [3.05, 3.63) is 46.8 Å². The first-order valence-corrected chi connectivity index (χ1v) is 12.5. The third kappa shape index (κ3) is 3.75. The number of aromatic amines is 1. The van der Waals surface area contributed by atoms with Crippen LogP contribution < -0.4 is 5.32 Å². The second kappa shape index (κ2) is 7.47. The number of benzene rings is 1. The number of hydrogen-bond donors (Lipinski definition) is 2. The Morgan fingerprint density at radius 1 is 1.23 bits per heavy atom. The van der Waals surface area contributed by atoms with E-state index in [0.29, 0.717) is 47.0 Å². The summed E-state index contributed by atoms with van der Waals surface area (Å²) in [6, 6.07) is 4.61. The predicted octanol–water partition coefficient (Wildman–Crippen LogP) is 1.90. The molecule has 8 nitrogen and oxygen atoms in total. The highest BCUT2D eigenvalue weighted by Crippen LogP contribution is 2.40. The Labute approximate surface area is 181 Å². The Hall–Kier alpha value is -2.68. The van der Waals surface area contributed by atoms with Crippen LogP contribution in [0.2, 0.25) is 0 Å². The molecule has 1 aliphatic carbocycles. The van der Waals surface area contributed by atoms with Gasteiger partial charge in [0.25, 0.3) is 11.8 Å². The van der Waals surface area contributed by atoms with Gasteiger partial charge in [0.1, 0.15) is 0 Å². The molecule has 2 aliphatic heterocycles. The first-order chi connectivity index (χ1) is 14.8. The number of aryl methyl sites for hydroxylation is 1. The van der Waals surface area contributed by atoms with Crippen LogP contribution in [-0.4, -0.2) is 60.2 Å². The molecule has 5 rings (SSSR count). The van der Waals surface area contributed by atoms with Crippen LogP contribution in [0.3, 0.4) is 0 Å². The van der Waals surface area contributed by atoms with E-state index >= 15 is 0 Å². The van der Waals surface area contributed by atoms with Crippen LogP contribution >= 0.6 is 0 Å². The standard InChI is InChI=1S/C22H26N4O4S/c1-13-6-8-26(22(28)17-11-23-25-20(17)14-2-3-14)12-18(13)24-21(27)16-4-5-19-15(10-16)7-9-31(19,29)30/h4-5,10-11,13-14,18H,2-3,6-9,12H2,1H3,(H,23,25)(H,24,27). The summed E-state index contributed by atoms with van der Waals surface area (Å²) in [4.78, 5) is 28.1. The molecule has 1 saturated heterocycles. The third-order valence-electron chi connectivity index (χ3n) is 6.74. The molecule has 2 atom stereocenters. The number of carbonyl (C=O) groups is 2. The van der Waals surface area contributed by atoms with Gasteiger partial charge < -0.3 is 10.2 Å². The van der Waals surface area contributed by atoms with E-state index in [1.807, 2.05) is 0 Å². The second-order valence-corrected chi connectivity index (χ2v) is 11.0. The van der Waals surface area contributed by atoms with E-state index in [0.717, 1.165) is 25.0 Å². The number of carbonyl (C=O) groups excluding carboxylic acids is 2. The molecule has 2 aromatic rings. The normalized spacial score (nSPS) is 24.6. The van der Waals surface area contributed by atoms with Crippen molar-refractivity contribution in [2.75, 3.05) is 18.8 Å². The highest BCUT2D eigenvalue weighted by atomic mass is 32.2. The van der Waals surface area contributed by atoms with Gasteiger partial charge in [-0.3, -0.25) is 14.7 Å². The number of fused-ring (bicyclic) bond motifs is 1. The molecular weight excluding hydrogens is 416 g/mol. The van der Waals surface area contributed by atoms with Crippen LogP contribution in [0.4, 0.5) is 0 Å². The zero-order valence-corrected chi connectivity index (χ0v) is 18.2. The smallest absolute Gasteiger partial charge is 0.257 e. The van der Waals surface area contributed by atoms with Crippen molar-refractivity contribution in [2.24, 2.45) is 5.92 Å². The van der Waals surface area contributed by atoms with Gasteiger partial charge in [-0.15, -0.1) is 0 Å². The zero-order chi connectivity index (χ0) is 21.8. The number of sulfone groups is 1. The Balaban J connectivity index is 1.29. The average Bonchev–Trinajstić information content (AvgIpc) is 3.40. The largest absolute Gasteiger partial charge is 0.347 e. The van der Waals surface area contributed by atoms with Crippen molar-refractivity contribution < 1.29 is 18.0 Å². The second-order valence-electron chi connectivity index (χ2n) is 8.96. The summed E-state index contributed by atoms with van der Waals surface area (Å²) in [6.07, 6.45) is 5.02. The number of H-pyrrole nitrogens is 1. The lowest BCUT2D eigenvalue weighted by Gasteiger charge is -2.37. The Kier molecular flexibility index (Phi) is 4.88. The highest BCUT2D eigenvalue weighted by molar-refractivity contribution is 7.91. The van der Waals surface area contributed by atoms with Gasteiger partial charge in [0.2, 0.25) is 0 Å². The fourth-order valence-corrected chi connectivity index (χ4v) is 6.13. The van der Waals surface area contributed by atoms with Crippen LogP contribution in [-0.2, 0) is 16.3 Å². The molecule has 0 bridgehead atoms. The maximum Gasteiger partial charge on any atom is 0.257 e. The summed E-state index contributed by atoms with van der Waals surface area (Å²) >= 11 is 0. The average molecular weight is 443 g/mol. The minimum atomic E-state index is -3.21. The van der Waals surface area contributed by atoms with E-state index in [9.17, 15) is 18.0 Å². The molecule has 2 amide bonds. The van der Waals surface area contributed by atoms with Gasteiger partial charge in [-0.2, -0.15) is 5.10 Å². The van der Waals surface area contributed by atoms with Crippen LogP contribution in [0.15, 0.2) is 29.3 Å². The number of aromatic nitrogens is 2. The fraction of sp³-hybridized carbons (Fsp3) is 0.500. The number of hydrogen-bond acceptors (Lipinski definition) is 5. The molecule has 164 valence electrons. The molecule has 2 unspecified atom stereocenters. The lowest BCUT2D eigenvalue weighted by atomic mass is 9.92. The lowest BCUT2D eigenvalue weighted by molar-refractivity contribution is 0.0624. The van der Waals surface area contributed by atoms with Gasteiger partial charge in [-0.05, 0) is 55.4 Å². The molecule has 1 aromatic carbocycles. The molecular formula is C22H26N4O4S. The summed E-state index contributed by atoms with van der Waals surface area (Å²) in [5.41, 5.74) is 2.73. The minimum absolute atomic E-state index is 0.0375. The molecule has 2 fully saturated rings. The number of amides is 2. The quantitative estimate of drug-likeness (QED) is 0.751. The number of piperidine rings is 1. The number of likely N-dealkylation sites (tertiary alicyclic amines) is 1. The van der Waals surface area contributed by atoms with Crippen molar-refractivity contribution in [3.8, 4) is 0 Å². The summed E-state index contributed by atoms with van der Waals surface area (Å²) in [5, 5.41) is 10.1. The van der Waals surface area contributed by atoms with Crippen molar-refractivity contribution in [2.45, 2.75) is 49.5 Å². The molecule has 3 heterocycles. The van der Waals surface area contributed by atoms with Gasteiger partial charge in [-0.1, -0.05) is 6.92 Å². The van der Waals surface area contributed by atoms with E-state index in [-0.39, 0.29) is 29.5 Å². The third-order valence-corrected chi connectivity index (χ3v) is 8.55. The van der Waals surface area contributed by atoms with E-state index in [4.69, 9.17) is 0 Å². The fourth-order valence-electron chi connectivity index (χ4n) is 4.59. The van der Waals surface area contributed by atoms with Gasteiger partial charge in [0.05, 0.1) is 28.1 Å². The Morgan fingerprint density at radius 2 is 2.03 bits per heavy atom. The number of nitrogens with one attached hydrogen (secondary N) is 2. The first kappa shape index (κ1) is 20.2. The predicted molar refractivity (Wildman–Crippen MR) is 114 cm³/mol. The van der Waals surface area contributed by atoms with E-state index < -0.39 is 9.84 Å². The Morgan fingerprint density at radius 3 is 2.81 bits per heavy atom. The number of nitrogens with zero attached hydrogens (tertiary/aromatic N) is 2. The maximum atomic E-state index is 13.1. The molecule has 2 N–H and O–H groups in total. The summed E-state index contributed by atoms with van der Waals surface area (Å²) < 4.78 is 24.0.